The fraction of sp³-hybridized carbons (Fsp3) is 0.462. The number of nitrogen functional groups attached to an aromatic ring is 1. The Kier molecular flexibility index (Phi) is 5.14. The molecule has 3 N–H and O–H groups in total. The molecule has 1 aromatic rings. The van der Waals surface area contributed by atoms with Gasteiger partial charge in [0.2, 0.25) is 0 Å². The van der Waals surface area contributed by atoms with Gasteiger partial charge in [0.25, 0.3) is 0 Å². The first-order chi connectivity index (χ1) is 8.31. The number of ether oxygens (including phenoxy) is 1. The summed E-state index contributed by atoms with van der Waals surface area (Å²) in [6, 6.07) is 3.58. The van der Waals surface area contributed by atoms with Gasteiger partial charge in [0.1, 0.15) is 6.10 Å². The van der Waals surface area contributed by atoms with Gasteiger partial charge in [-0.3, -0.25) is 4.79 Å². The Bertz CT molecular complexity index is 423. The lowest BCUT2D eigenvalue weighted by molar-refractivity contribution is -0.152. The molecule has 0 aliphatic heterocycles. The first kappa shape index (κ1) is 15.0. The van der Waals surface area contributed by atoms with Crippen LogP contribution in [0, 0.1) is 6.92 Å². The summed E-state index contributed by atoms with van der Waals surface area (Å²) in [5.41, 5.74) is 8.00. The molecule has 100 valence electrons. The van der Waals surface area contributed by atoms with Gasteiger partial charge in [0, 0.05) is 6.42 Å². The molecule has 0 heterocycles. The predicted octanol–water partition coefficient (Wildman–Crippen LogP) is 2.09. The SMILES string of the molecule is CC(=O)[C@@H](Cc1cc(C)c(N)c(Cl)c1)OC(C)O. The lowest BCUT2D eigenvalue weighted by Crippen LogP contribution is -2.28. The van der Waals surface area contributed by atoms with Crippen molar-refractivity contribution in [2.45, 2.75) is 39.6 Å². The summed E-state index contributed by atoms with van der Waals surface area (Å²) in [5, 5.41) is 9.64. The molecule has 0 aromatic heterocycles. The second-order valence-corrected chi connectivity index (χ2v) is 4.75. The topological polar surface area (TPSA) is 72.6 Å². The first-order valence-corrected chi connectivity index (χ1v) is 6.07. The lowest BCUT2D eigenvalue weighted by atomic mass is 10.0. The Morgan fingerprint density at radius 3 is 2.61 bits per heavy atom. The molecule has 0 aliphatic rings. The maximum absolute atomic E-state index is 11.4. The number of aryl methyl sites for hydroxylation is 1. The summed E-state index contributed by atoms with van der Waals surface area (Å²) in [4.78, 5) is 11.4. The molecule has 18 heavy (non-hydrogen) atoms. The maximum Gasteiger partial charge on any atom is 0.158 e. The van der Waals surface area contributed by atoms with Crippen LogP contribution in [0.2, 0.25) is 5.02 Å². The molecule has 0 aliphatic carbocycles. The molecule has 0 spiro atoms. The molecule has 0 radical (unpaired) electrons. The molecule has 1 aromatic carbocycles. The average molecular weight is 272 g/mol. The number of carbonyl (C=O) groups is 1. The fourth-order valence-corrected chi connectivity index (χ4v) is 1.97. The van der Waals surface area contributed by atoms with E-state index in [2.05, 4.69) is 0 Å². The van der Waals surface area contributed by atoms with Crippen molar-refractivity contribution in [1.82, 2.24) is 0 Å². The number of rotatable bonds is 5. The van der Waals surface area contributed by atoms with Gasteiger partial charge in [-0.05, 0) is 38.0 Å². The van der Waals surface area contributed by atoms with Crippen LogP contribution in [-0.2, 0) is 16.0 Å². The molecule has 1 rings (SSSR count). The Hall–Kier alpha value is -1.10. The van der Waals surface area contributed by atoms with Crippen LogP contribution in [0.15, 0.2) is 12.1 Å². The summed E-state index contributed by atoms with van der Waals surface area (Å²) in [7, 11) is 0. The number of carbonyl (C=O) groups excluding carboxylic acids is 1. The van der Waals surface area contributed by atoms with E-state index in [-0.39, 0.29) is 5.78 Å². The number of nitrogens with two attached hydrogens (primary N) is 1. The molecule has 0 saturated carbocycles. The van der Waals surface area contributed by atoms with Gasteiger partial charge in [-0.2, -0.15) is 0 Å². The zero-order valence-corrected chi connectivity index (χ0v) is 11.5. The minimum absolute atomic E-state index is 0.137. The summed E-state index contributed by atoms with van der Waals surface area (Å²) < 4.78 is 5.16. The molecular weight excluding hydrogens is 254 g/mol. The van der Waals surface area contributed by atoms with Crippen molar-refractivity contribution in [2.24, 2.45) is 0 Å². The molecule has 2 atom stereocenters. The third kappa shape index (κ3) is 3.98. The van der Waals surface area contributed by atoms with E-state index in [1.165, 1.54) is 13.8 Å². The fourth-order valence-electron chi connectivity index (χ4n) is 1.68. The molecule has 0 amide bonds. The number of aliphatic hydroxyl groups excluding tert-OH is 1. The van der Waals surface area contributed by atoms with Crippen LogP contribution in [0.3, 0.4) is 0 Å². The van der Waals surface area contributed by atoms with E-state index in [1.54, 1.807) is 6.07 Å². The minimum atomic E-state index is -0.982. The van der Waals surface area contributed by atoms with Crippen LogP contribution in [-0.4, -0.2) is 23.3 Å². The van der Waals surface area contributed by atoms with Crippen molar-refractivity contribution in [1.29, 1.82) is 0 Å². The summed E-state index contributed by atoms with van der Waals surface area (Å²) in [5.74, 6) is -0.137. The number of benzene rings is 1. The monoisotopic (exact) mass is 271 g/mol. The Balaban J connectivity index is 2.91. The highest BCUT2D eigenvalue weighted by Gasteiger charge is 2.18. The smallest absolute Gasteiger partial charge is 0.158 e. The number of ketones is 1. The number of halogens is 1. The van der Waals surface area contributed by atoms with Gasteiger partial charge < -0.3 is 15.6 Å². The zero-order valence-electron chi connectivity index (χ0n) is 10.7. The van der Waals surface area contributed by atoms with E-state index in [1.807, 2.05) is 13.0 Å². The van der Waals surface area contributed by atoms with Crippen molar-refractivity contribution >= 4 is 23.1 Å². The molecule has 0 fully saturated rings. The summed E-state index contributed by atoms with van der Waals surface area (Å²) >= 11 is 5.99. The van der Waals surface area contributed by atoms with Crippen LogP contribution < -0.4 is 5.73 Å². The third-order valence-electron chi connectivity index (χ3n) is 2.63. The Labute approximate surface area is 112 Å². The normalized spacial score (nSPS) is 14.3. The van der Waals surface area contributed by atoms with E-state index in [0.29, 0.717) is 17.1 Å². The summed E-state index contributed by atoms with van der Waals surface area (Å²) in [6.45, 7) is 4.75. The highest BCUT2D eigenvalue weighted by Crippen LogP contribution is 2.25. The second-order valence-electron chi connectivity index (χ2n) is 4.35. The van der Waals surface area contributed by atoms with Crippen molar-refractivity contribution in [3.8, 4) is 0 Å². The molecule has 5 heteroatoms. The molecular formula is C13H18ClNO3. The lowest BCUT2D eigenvalue weighted by Gasteiger charge is -2.18. The van der Waals surface area contributed by atoms with E-state index >= 15 is 0 Å². The van der Waals surface area contributed by atoms with Gasteiger partial charge in [-0.15, -0.1) is 0 Å². The van der Waals surface area contributed by atoms with Gasteiger partial charge in [-0.25, -0.2) is 0 Å². The van der Waals surface area contributed by atoms with Gasteiger partial charge >= 0.3 is 0 Å². The Morgan fingerprint density at radius 2 is 2.17 bits per heavy atom. The van der Waals surface area contributed by atoms with Crippen LogP contribution in [0.1, 0.15) is 25.0 Å². The number of aliphatic hydroxyl groups is 1. The van der Waals surface area contributed by atoms with Crippen LogP contribution in [0.25, 0.3) is 0 Å². The highest BCUT2D eigenvalue weighted by molar-refractivity contribution is 6.33. The predicted molar refractivity (Wildman–Crippen MR) is 71.5 cm³/mol. The zero-order chi connectivity index (χ0) is 13.9. The van der Waals surface area contributed by atoms with E-state index in [4.69, 9.17) is 22.1 Å². The number of Topliss-reactive ketones (excluding diaryl/α,β-unsaturated/α-hetero) is 1. The van der Waals surface area contributed by atoms with Crippen molar-refractivity contribution in [2.75, 3.05) is 5.73 Å². The molecule has 0 saturated heterocycles. The first-order valence-electron chi connectivity index (χ1n) is 5.69. The van der Waals surface area contributed by atoms with E-state index in [0.717, 1.165) is 11.1 Å². The van der Waals surface area contributed by atoms with Gasteiger partial charge in [0.05, 0.1) is 10.7 Å². The van der Waals surface area contributed by atoms with Crippen molar-refractivity contribution in [3.63, 3.8) is 0 Å². The van der Waals surface area contributed by atoms with Crippen molar-refractivity contribution < 1.29 is 14.6 Å². The molecule has 1 unspecified atom stereocenters. The number of hydrogen-bond donors (Lipinski definition) is 2. The third-order valence-corrected chi connectivity index (χ3v) is 2.94. The van der Waals surface area contributed by atoms with Gasteiger partial charge in [0.15, 0.2) is 12.1 Å². The van der Waals surface area contributed by atoms with Gasteiger partial charge in [-0.1, -0.05) is 17.7 Å². The quantitative estimate of drug-likeness (QED) is 0.635. The Morgan fingerprint density at radius 1 is 1.56 bits per heavy atom. The van der Waals surface area contributed by atoms with E-state index < -0.39 is 12.4 Å². The van der Waals surface area contributed by atoms with Crippen molar-refractivity contribution in [3.05, 3.63) is 28.3 Å². The number of hydrogen-bond acceptors (Lipinski definition) is 4. The number of anilines is 1. The largest absolute Gasteiger partial charge is 0.397 e. The second kappa shape index (κ2) is 6.18. The van der Waals surface area contributed by atoms with E-state index in [9.17, 15) is 9.90 Å². The molecule has 4 nitrogen and oxygen atoms in total. The van der Waals surface area contributed by atoms with Crippen LogP contribution in [0.5, 0.6) is 0 Å². The standard InChI is InChI=1S/C13H18ClNO3/c1-7-4-10(5-11(14)13(7)15)6-12(8(2)16)18-9(3)17/h4-5,9,12,17H,6,15H2,1-3H3/t9?,12-/m1/s1. The summed E-state index contributed by atoms with van der Waals surface area (Å²) in [6.07, 6.45) is -1.30. The highest BCUT2D eigenvalue weighted by atomic mass is 35.5. The average Bonchev–Trinajstić information content (AvgIpc) is 2.24. The molecule has 0 bridgehead atoms. The minimum Gasteiger partial charge on any atom is -0.397 e. The van der Waals surface area contributed by atoms with Crippen LogP contribution in [0.4, 0.5) is 5.69 Å². The maximum atomic E-state index is 11.4. The van der Waals surface area contributed by atoms with Crippen LogP contribution >= 0.6 is 11.6 Å².